The molecule has 0 saturated heterocycles. The predicted octanol–water partition coefficient (Wildman–Crippen LogP) is 2.50. The fourth-order valence-corrected chi connectivity index (χ4v) is 0.385. The minimum Gasteiger partial charge on any atom is -0.724 e. The highest BCUT2D eigenvalue weighted by molar-refractivity contribution is 5.37. The van der Waals surface area contributed by atoms with Crippen molar-refractivity contribution in [2.24, 2.45) is 0 Å². The van der Waals surface area contributed by atoms with Crippen LogP contribution < -0.4 is 0 Å². The molecule has 1 aromatic rings. The summed E-state index contributed by atoms with van der Waals surface area (Å²) in [6.07, 6.45) is 1.00. The predicted molar refractivity (Wildman–Crippen MR) is 55.9 cm³/mol. The van der Waals surface area contributed by atoms with Crippen molar-refractivity contribution in [2.75, 3.05) is 0 Å². The quantitative estimate of drug-likeness (QED) is 0.467. The largest absolute Gasteiger partial charge is 0.724 e. The number of isocyanates is 2. The van der Waals surface area contributed by atoms with Gasteiger partial charge in [-0.3, -0.25) is 9.59 Å². The molecule has 0 saturated carbocycles. The van der Waals surface area contributed by atoms with Gasteiger partial charge in [-0.05, 0) is 12.2 Å². The molecule has 0 fully saturated rings. The second-order valence-corrected chi connectivity index (χ2v) is 1.34. The Kier molecular flexibility index (Phi) is 39.1. The Morgan fingerprint density at radius 3 is 0.857 bits per heavy atom. The minimum atomic E-state index is 0.500. The number of nitrogens with zero attached hydrogens (tertiary/aromatic N) is 2. The van der Waals surface area contributed by atoms with E-state index in [9.17, 15) is 0 Å². The molecule has 4 heteroatoms. The van der Waals surface area contributed by atoms with Gasteiger partial charge in [0.2, 0.25) is 0 Å². The molecule has 0 heterocycles. The molecule has 1 rings (SSSR count). The first-order valence-electron chi connectivity index (χ1n) is 3.86. The van der Waals surface area contributed by atoms with Crippen LogP contribution in [0.3, 0.4) is 0 Å². The summed E-state index contributed by atoms with van der Waals surface area (Å²) in [6, 6.07) is 12.0. The lowest BCUT2D eigenvalue weighted by molar-refractivity contribution is 0.568. The average molecular weight is 192 g/mol. The van der Waals surface area contributed by atoms with Crippen molar-refractivity contribution in [2.45, 2.75) is 13.8 Å². The number of carbonyl (C=O) groups excluding carboxylic acids is 2. The summed E-state index contributed by atoms with van der Waals surface area (Å²) in [5.41, 5.74) is 0. The molecule has 0 amide bonds. The van der Waals surface area contributed by atoms with E-state index in [1.54, 1.807) is 0 Å². The van der Waals surface area contributed by atoms with Gasteiger partial charge in [-0.15, -0.1) is 0 Å². The first-order valence-corrected chi connectivity index (χ1v) is 3.86. The van der Waals surface area contributed by atoms with Crippen molar-refractivity contribution in [3.05, 3.63) is 47.2 Å². The van der Waals surface area contributed by atoms with Gasteiger partial charge in [-0.2, -0.15) is 0 Å². The Labute approximate surface area is 83.6 Å². The Balaban J connectivity index is -0.000000132. The van der Waals surface area contributed by atoms with E-state index in [1.807, 2.05) is 50.2 Å². The Hall–Kier alpha value is -2.02. The second kappa shape index (κ2) is 30.6. The van der Waals surface area contributed by atoms with Gasteiger partial charge in [-0.25, -0.2) is 0 Å². The highest BCUT2D eigenvalue weighted by Gasteiger charge is 1.57. The van der Waals surface area contributed by atoms with Crippen molar-refractivity contribution >= 4 is 12.2 Å². The topological polar surface area (TPSA) is 78.7 Å². The van der Waals surface area contributed by atoms with Crippen molar-refractivity contribution in [3.63, 3.8) is 0 Å². The molecule has 1 aromatic carbocycles. The number of hydrogen-bond donors (Lipinski definition) is 0. The van der Waals surface area contributed by atoms with E-state index >= 15 is 0 Å². The first kappa shape index (κ1) is 17.9. The smallest absolute Gasteiger partial charge is 0.0159 e. The maximum absolute atomic E-state index is 8.24. The van der Waals surface area contributed by atoms with Crippen LogP contribution in [-0.2, 0) is 9.59 Å². The molecule has 0 spiro atoms. The number of benzene rings is 1. The molecular weight excluding hydrogens is 180 g/mol. The summed E-state index contributed by atoms with van der Waals surface area (Å²) < 4.78 is 0. The van der Waals surface area contributed by atoms with E-state index < -0.39 is 0 Å². The van der Waals surface area contributed by atoms with Crippen molar-refractivity contribution in [3.8, 4) is 0 Å². The van der Waals surface area contributed by atoms with E-state index in [2.05, 4.69) is 0 Å². The van der Waals surface area contributed by atoms with Crippen molar-refractivity contribution in [1.82, 2.24) is 0 Å². The lowest BCUT2D eigenvalue weighted by Crippen LogP contribution is -1.47. The summed E-state index contributed by atoms with van der Waals surface area (Å²) in [4.78, 5) is 16.5. The highest BCUT2D eigenvalue weighted by atomic mass is 16.1. The third-order valence-electron chi connectivity index (χ3n) is 0.667. The zero-order valence-corrected chi connectivity index (χ0v) is 8.18. The Morgan fingerprint density at radius 2 is 0.786 bits per heavy atom. The minimum absolute atomic E-state index is 0.500. The molecule has 0 unspecified atom stereocenters. The summed E-state index contributed by atoms with van der Waals surface area (Å²) in [7, 11) is 0. The van der Waals surface area contributed by atoms with Crippen LogP contribution in [-0.4, -0.2) is 12.2 Å². The van der Waals surface area contributed by atoms with Crippen LogP contribution in [0.2, 0.25) is 0 Å². The van der Waals surface area contributed by atoms with Crippen LogP contribution in [0.15, 0.2) is 36.4 Å². The van der Waals surface area contributed by atoms with Gasteiger partial charge >= 0.3 is 0 Å². The Morgan fingerprint density at radius 1 is 0.714 bits per heavy atom. The maximum Gasteiger partial charge on any atom is -0.0159 e. The highest BCUT2D eigenvalue weighted by Crippen LogP contribution is 1.79. The molecule has 0 bridgehead atoms. The monoisotopic (exact) mass is 192 g/mol. The van der Waals surface area contributed by atoms with Gasteiger partial charge < -0.3 is 10.8 Å². The molecule has 0 atom stereocenters. The van der Waals surface area contributed by atoms with Gasteiger partial charge in [-0.1, -0.05) is 50.2 Å². The third-order valence-corrected chi connectivity index (χ3v) is 0.667. The molecule has 0 N–H and O–H groups in total. The Bertz CT molecular complexity index is 197. The standard InChI is InChI=1S/C6H6.C2H6.2CNO/c1-2-4-6-5-3-1;1-2;2*2-1-3/h1-6H;1-2H3;;/q;;2*-1. The first-order chi connectivity index (χ1) is 6.83. The fraction of sp³-hybridized carbons (Fsp3) is 0.200. The van der Waals surface area contributed by atoms with E-state index in [4.69, 9.17) is 20.4 Å². The van der Waals surface area contributed by atoms with E-state index in [0.717, 1.165) is 0 Å². The third kappa shape index (κ3) is 50.8. The molecule has 0 aliphatic carbocycles. The van der Waals surface area contributed by atoms with Gasteiger partial charge in [0, 0.05) is 0 Å². The van der Waals surface area contributed by atoms with Crippen LogP contribution in [0.1, 0.15) is 13.8 Å². The molecule has 0 radical (unpaired) electrons. The lowest BCUT2D eigenvalue weighted by atomic mass is 10.4. The SMILES string of the molecule is CC.[N-]=C=O.[N-]=C=O.c1ccccc1. The zero-order chi connectivity index (χ0) is 11.7. The molecule has 76 valence electrons. The van der Waals surface area contributed by atoms with E-state index in [-0.39, 0.29) is 0 Å². The second-order valence-electron chi connectivity index (χ2n) is 1.34. The zero-order valence-electron chi connectivity index (χ0n) is 8.18. The van der Waals surface area contributed by atoms with Gasteiger partial charge in [0.25, 0.3) is 0 Å². The van der Waals surface area contributed by atoms with Crippen LogP contribution in [0.4, 0.5) is 0 Å². The number of rotatable bonds is 0. The van der Waals surface area contributed by atoms with Crippen molar-refractivity contribution < 1.29 is 9.59 Å². The van der Waals surface area contributed by atoms with E-state index in [1.165, 1.54) is 0 Å². The lowest BCUT2D eigenvalue weighted by Gasteiger charge is -1.69. The summed E-state index contributed by atoms with van der Waals surface area (Å²) >= 11 is 0. The van der Waals surface area contributed by atoms with Gasteiger partial charge in [0.15, 0.2) is 0 Å². The molecule has 14 heavy (non-hydrogen) atoms. The van der Waals surface area contributed by atoms with Crippen LogP contribution in [0.25, 0.3) is 10.8 Å². The summed E-state index contributed by atoms with van der Waals surface area (Å²) in [6.45, 7) is 4.00. The summed E-state index contributed by atoms with van der Waals surface area (Å²) in [5, 5.41) is 13.5. The molecule has 4 nitrogen and oxygen atoms in total. The van der Waals surface area contributed by atoms with Crippen LogP contribution in [0, 0.1) is 0 Å². The maximum atomic E-state index is 8.24. The molecular formula is C10H12N2O2-2. The molecule has 0 aliphatic heterocycles. The van der Waals surface area contributed by atoms with E-state index in [0.29, 0.717) is 12.2 Å². The normalized spacial score (nSPS) is 5.00. The van der Waals surface area contributed by atoms with Gasteiger partial charge in [0.1, 0.15) is 0 Å². The molecule has 0 aliphatic rings. The van der Waals surface area contributed by atoms with Gasteiger partial charge in [0.05, 0.1) is 0 Å². The van der Waals surface area contributed by atoms with Crippen LogP contribution in [0.5, 0.6) is 0 Å². The average Bonchev–Trinajstić information content (AvgIpc) is 2.26. The van der Waals surface area contributed by atoms with Crippen molar-refractivity contribution in [1.29, 1.82) is 0 Å². The summed E-state index contributed by atoms with van der Waals surface area (Å²) in [5.74, 6) is 0. The molecule has 0 aromatic heterocycles. The fourth-order valence-electron chi connectivity index (χ4n) is 0.385. The van der Waals surface area contributed by atoms with Crippen LogP contribution >= 0.6 is 0 Å². The number of hydrogen-bond acceptors (Lipinski definition) is 2.